The topological polar surface area (TPSA) is 55.4 Å². The van der Waals surface area contributed by atoms with E-state index in [-0.39, 0.29) is 23.4 Å². The highest BCUT2D eigenvalue weighted by atomic mass is 35.5. The lowest BCUT2D eigenvalue weighted by atomic mass is 10.0. The fourth-order valence-electron chi connectivity index (χ4n) is 1.73. The van der Waals surface area contributed by atoms with Crippen LogP contribution in [-0.4, -0.2) is 18.5 Å². The maximum atomic E-state index is 13.5. The summed E-state index contributed by atoms with van der Waals surface area (Å²) in [6, 6.07) is 1.64. The molecule has 0 saturated carbocycles. The van der Waals surface area contributed by atoms with Crippen LogP contribution in [0.15, 0.2) is 12.1 Å². The van der Waals surface area contributed by atoms with Crippen LogP contribution < -0.4 is 5.32 Å². The molecule has 1 aromatic carbocycles. The number of alkyl halides is 1. The lowest BCUT2D eigenvalue weighted by Crippen LogP contribution is -2.31. The third-order valence-electron chi connectivity index (χ3n) is 2.53. The molecule has 0 bridgehead atoms. The standard InChI is InChI=1S/C13H14Cl2FNO3/c1-7(18)17-13(6-20-8(2)19)10-3-9(16)4-12(15)11(10)5-14/h3-4,13H,5-6H2,1-2H3,(H,17,18)/t13-/m0/s1. The van der Waals surface area contributed by atoms with Crippen LogP contribution in [0.3, 0.4) is 0 Å². The molecule has 0 spiro atoms. The molecule has 0 aromatic heterocycles. The predicted octanol–water partition coefficient (Wildman–Crippen LogP) is 2.96. The van der Waals surface area contributed by atoms with Crippen LogP contribution in [0.1, 0.15) is 31.0 Å². The van der Waals surface area contributed by atoms with E-state index in [4.69, 9.17) is 27.9 Å². The summed E-state index contributed by atoms with van der Waals surface area (Å²) in [4.78, 5) is 22.1. The minimum Gasteiger partial charge on any atom is -0.463 e. The Labute approximate surface area is 126 Å². The lowest BCUT2D eigenvalue weighted by Gasteiger charge is -2.21. The number of amides is 1. The first kappa shape index (κ1) is 16.7. The number of nitrogens with one attached hydrogen (secondary N) is 1. The number of carbonyl (C=O) groups is 2. The molecule has 0 heterocycles. The first-order valence-corrected chi connectivity index (χ1v) is 6.70. The number of hydrogen-bond acceptors (Lipinski definition) is 3. The summed E-state index contributed by atoms with van der Waals surface area (Å²) >= 11 is 11.7. The number of esters is 1. The van der Waals surface area contributed by atoms with Crippen LogP contribution in [-0.2, 0) is 20.2 Å². The molecule has 20 heavy (non-hydrogen) atoms. The van der Waals surface area contributed by atoms with Crippen molar-refractivity contribution >= 4 is 35.1 Å². The average Bonchev–Trinajstić information content (AvgIpc) is 2.33. The van der Waals surface area contributed by atoms with E-state index < -0.39 is 17.8 Å². The second-order valence-electron chi connectivity index (χ2n) is 4.14. The lowest BCUT2D eigenvalue weighted by molar-refractivity contribution is -0.142. The quantitative estimate of drug-likeness (QED) is 0.670. The number of ether oxygens (including phenoxy) is 1. The highest BCUT2D eigenvalue weighted by Crippen LogP contribution is 2.28. The Morgan fingerprint density at radius 3 is 2.55 bits per heavy atom. The Hall–Kier alpha value is -1.33. The minimum absolute atomic E-state index is 0.0462. The maximum Gasteiger partial charge on any atom is 0.302 e. The predicted molar refractivity (Wildman–Crippen MR) is 74.2 cm³/mol. The largest absolute Gasteiger partial charge is 0.463 e. The Morgan fingerprint density at radius 1 is 1.40 bits per heavy atom. The number of rotatable bonds is 5. The van der Waals surface area contributed by atoms with Gasteiger partial charge in [-0.05, 0) is 23.3 Å². The molecule has 0 aliphatic carbocycles. The third-order valence-corrected chi connectivity index (χ3v) is 3.14. The zero-order chi connectivity index (χ0) is 15.3. The Bertz CT molecular complexity index is 523. The van der Waals surface area contributed by atoms with Crippen molar-refractivity contribution in [2.24, 2.45) is 0 Å². The van der Waals surface area contributed by atoms with Crippen LogP contribution in [0.4, 0.5) is 4.39 Å². The van der Waals surface area contributed by atoms with E-state index in [0.29, 0.717) is 11.1 Å². The van der Waals surface area contributed by atoms with E-state index in [0.717, 1.165) is 6.07 Å². The summed E-state index contributed by atoms with van der Waals surface area (Å²) in [5, 5.41) is 2.74. The van der Waals surface area contributed by atoms with Crippen molar-refractivity contribution in [2.45, 2.75) is 25.8 Å². The first-order chi connectivity index (χ1) is 9.35. The number of benzene rings is 1. The smallest absolute Gasteiger partial charge is 0.302 e. The molecule has 110 valence electrons. The normalized spacial score (nSPS) is 11.8. The molecular weight excluding hydrogens is 308 g/mol. The van der Waals surface area contributed by atoms with Gasteiger partial charge in [0.25, 0.3) is 0 Å². The average molecular weight is 322 g/mol. The second kappa shape index (κ2) is 7.45. The highest BCUT2D eigenvalue weighted by molar-refractivity contribution is 6.32. The molecule has 0 aliphatic rings. The van der Waals surface area contributed by atoms with Crippen LogP contribution in [0.25, 0.3) is 0 Å². The summed E-state index contributed by atoms with van der Waals surface area (Å²) in [5.41, 5.74) is 0.877. The van der Waals surface area contributed by atoms with Crippen LogP contribution in [0, 0.1) is 5.82 Å². The van der Waals surface area contributed by atoms with Gasteiger partial charge in [0, 0.05) is 24.8 Å². The van der Waals surface area contributed by atoms with E-state index in [2.05, 4.69) is 5.32 Å². The van der Waals surface area contributed by atoms with E-state index >= 15 is 0 Å². The van der Waals surface area contributed by atoms with Crippen molar-refractivity contribution in [1.29, 1.82) is 0 Å². The molecule has 7 heteroatoms. The van der Waals surface area contributed by atoms with Crippen LogP contribution in [0.2, 0.25) is 5.02 Å². The second-order valence-corrected chi connectivity index (χ2v) is 4.82. The van der Waals surface area contributed by atoms with E-state index in [1.165, 1.54) is 19.9 Å². The molecule has 0 unspecified atom stereocenters. The van der Waals surface area contributed by atoms with Crippen molar-refractivity contribution in [3.05, 3.63) is 34.1 Å². The Morgan fingerprint density at radius 2 is 2.05 bits per heavy atom. The zero-order valence-electron chi connectivity index (χ0n) is 11.0. The van der Waals surface area contributed by atoms with Gasteiger partial charge < -0.3 is 10.1 Å². The van der Waals surface area contributed by atoms with Gasteiger partial charge in [-0.2, -0.15) is 0 Å². The van der Waals surface area contributed by atoms with Crippen molar-refractivity contribution in [2.75, 3.05) is 6.61 Å². The monoisotopic (exact) mass is 321 g/mol. The Kier molecular flexibility index (Phi) is 6.23. The summed E-state index contributed by atoms with van der Waals surface area (Å²) in [7, 11) is 0. The van der Waals surface area contributed by atoms with E-state index in [1.807, 2.05) is 0 Å². The van der Waals surface area contributed by atoms with Gasteiger partial charge in [-0.15, -0.1) is 11.6 Å². The number of carbonyl (C=O) groups excluding carboxylic acids is 2. The molecular formula is C13H14Cl2FNO3. The fraction of sp³-hybridized carbons (Fsp3) is 0.385. The van der Waals surface area contributed by atoms with E-state index in [9.17, 15) is 14.0 Å². The van der Waals surface area contributed by atoms with Gasteiger partial charge >= 0.3 is 5.97 Å². The minimum atomic E-state index is -0.710. The van der Waals surface area contributed by atoms with Crippen molar-refractivity contribution in [1.82, 2.24) is 5.32 Å². The summed E-state index contributed by atoms with van der Waals surface area (Å²) in [6.07, 6.45) is 0. The van der Waals surface area contributed by atoms with Gasteiger partial charge in [-0.3, -0.25) is 9.59 Å². The van der Waals surface area contributed by atoms with Crippen LogP contribution >= 0.6 is 23.2 Å². The van der Waals surface area contributed by atoms with Crippen molar-refractivity contribution in [3.8, 4) is 0 Å². The fourth-order valence-corrected chi connectivity index (χ4v) is 2.38. The Balaban J connectivity index is 3.17. The molecule has 4 nitrogen and oxygen atoms in total. The van der Waals surface area contributed by atoms with Gasteiger partial charge in [0.15, 0.2) is 0 Å². The van der Waals surface area contributed by atoms with Crippen molar-refractivity contribution in [3.63, 3.8) is 0 Å². The highest BCUT2D eigenvalue weighted by Gasteiger charge is 2.20. The maximum absolute atomic E-state index is 13.5. The molecule has 0 fully saturated rings. The summed E-state index contributed by atoms with van der Waals surface area (Å²) in [5.74, 6) is -1.36. The van der Waals surface area contributed by atoms with Crippen LogP contribution in [0.5, 0.6) is 0 Å². The van der Waals surface area contributed by atoms with Gasteiger partial charge in [0.1, 0.15) is 12.4 Å². The molecule has 1 amide bonds. The molecule has 0 radical (unpaired) electrons. The molecule has 0 saturated heterocycles. The molecule has 1 N–H and O–H groups in total. The first-order valence-electron chi connectivity index (χ1n) is 5.79. The molecule has 1 atom stereocenters. The third kappa shape index (κ3) is 4.65. The van der Waals surface area contributed by atoms with Gasteiger partial charge in [-0.1, -0.05) is 11.6 Å². The van der Waals surface area contributed by atoms with Gasteiger partial charge in [-0.25, -0.2) is 4.39 Å². The molecule has 1 aromatic rings. The summed E-state index contributed by atoms with van der Waals surface area (Å²) < 4.78 is 18.4. The van der Waals surface area contributed by atoms with Gasteiger partial charge in [0.2, 0.25) is 5.91 Å². The summed E-state index contributed by atoms with van der Waals surface area (Å²) in [6.45, 7) is 2.42. The number of halogens is 3. The SMILES string of the molecule is CC(=O)N[C@@H](COC(C)=O)c1cc(F)cc(Cl)c1CCl. The molecule has 0 aliphatic heterocycles. The molecule has 1 rings (SSSR count). The van der Waals surface area contributed by atoms with Crippen molar-refractivity contribution < 1.29 is 18.7 Å². The van der Waals surface area contributed by atoms with Gasteiger partial charge in [0.05, 0.1) is 6.04 Å². The zero-order valence-corrected chi connectivity index (χ0v) is 12.5. The number of hydrogen-bond donors (Lipinski definition) is 1. The van der Waals surface area contributed by atoms with E-state index in [1.54, 1.807) is 0 Å².